The summed E-state index contributed by atoms with van der Waals surface area (Å²) < 4.78 is 13.6. The molecule has 1 atom stereocenters. The Balaban J connectivity index is 2.05. The summed E-state index contributed by atoms with van der Waals surface area (Å²) in [6.07, 6.45) is 3.07. The summed E-state index contributed by atoms with van der Waals surface area (Å²) in [5.74, 6) is 0.506. The molecule has 2 nitrogen and oxygen atoms in total. The number of carbonyl (C=O) groups excluding carboxylic acids is 1. The third-order valence-corrected chi connectivity index (χ3v) is 3.81. The van der Waals surface area contributed by atoms with Crippen molar-refractivity contribution >= 4 is 5.78 Å². The van der Waals surface area contributed by atoms with E-state index in [0.29, 0.717) is 18.5 Å². The molecule has 0 amide bonds. The van der Waals surface area contributed by atoms with Crippen LogP contribution in [-0.4, -0.2) is 18.9 Å². The fraction of sp³-hybridized carbons (Fsp3) is 0.562. The molecule has 0 unspecified atom stereocenters. The average Bonchev–Trinajstić information content (AvgIpc) is 3.21. The molecule has 0 heterocycles. The van der Waals surface area contributed by atoms with Gasteiger partial charge in [0.25, 0.3) is 0 Å². The minimum atomic E-state index is -0.228. The first-order valence-electron chi connectivity index (χ1n) is 7.11. The summed E-state index contributed by atoms with van der Waals surface area (Å²) in [5, 5.41) is 3.35. The van der Waals surface area contributed by atoms with Crippen LogP contribution in [0.5, 0.6) is 0 Å². The average molecular weight is 263 g/mol. The molecule has 3 heteroatoms. The number of hydrogen-bond acceptors (Lipinski definition) is 2. The van der Waals surface area contributed by atoms with Gasteiger partial charge < -0.3 is 5.32 Å². The summed E-state index contributed by atoms with van der Waals surface area (Å²) in [4.78, 5) is 12.0. The van der Waals surface area contributed by atoms with Gasteiger partial charge in [-0.1, -0.05) is 19.1 Å². The predicted octanol–water partition coefficient (Wildman–Crippen LogP) is 3.20. The van der Waals surface area contributed by atoms with Crippen molar-refractivity contribution in [2.24, 2.45) is 5.92 Å². The van der Waals surface area contributed by atoms with Crippen molar-refractivity contribution in [1.29, 1.82) is 0 Å². The Labute approximate surface area is 114 Å². The Bertz CT molecular complexity index is 454. The van der Waals surface area contributed by atoms with Crippen molar-refractivity contribution in [3.63, 3.8) is 0 Å². The van der Waals surface area contributed by atoms with Crippen molar-refractivity contribution in [2.75, 3.05) is 13.1 Å². The molecular formula is C16H22FNO. The number of benzene rings is 1. The number of Topliss-reactive ketones (excluding diaryl/α,β-unsaturated/α-hetero) is 1. The molecule has 0 aromatic heterocycles. The van der Waals surface area contributed by atoms with Crippen molar-refractivity contribution in [3.05, 3.63) is 35.1 Å². The molecule has 1 aliphatic carbocycles. The highest BCUT2D eigenvalue weighted by Gasteiger charge is 2.23. The maximum Gasteiger partial charge on any atom is 0.141 e. The SMILES string of the molecule is CCC(=O)[C@H](CNCC1CC1)c1ccc(C)c(F)c1. The van der Waals surface area contributed by atoms with Crippen molar-refractivity contribution in [2.45, 2.75) is 39.0 Å². The summed E-state index contributed by atoms with van der Waals surface area (Å²) in [6, 6.07) is 5.13. The smallest absolute Gasteiger partial charge is 0.141 e. The monoisotopic (exact) mass is 263 g/mol. The lowest BCUT2D eigenvalue weighted by Gasteiger charge is -2.17. The number of ketones is 1. The lowest BCUT2D eigenvalue weighted by atomic mass is 9.92. The van der Waals surface area contributed by atoms with E-state index in [-0.39, 0.29) is 17.5 Å². The second-order valence-corrected chi connectivity index (χ2v) is 5.48. The number of rotatable bonds is 7. The lowest BCUT2D eigenvalue weighted by Crippen LogP contribution is -2.28. The molecule has 0 radical (unpaired) electrons. The van der Waals surface area contributed by atoms with E-state index < -0.39 is 0 Å². The van der Waals surface area contributed by atoms with Crippen LogP contribution in [0.3, 0.4) is 0 Å². The van der Waals surface area contributed by atoms with Gasteiger partial charge in [-0.3, -0.25) is 4.79 Å². The minimum Gasteiger partial charge on any atom is -0.315 e. The number of halogens is 1. The molecule has 104 valence electrons. The van der Waals surface area contributed by atoms with Crippen LogP contribution in [0.1, 0.15) is 43.2 Å². The van der Waals surface area contributed by atoms with Crippen molar-refractivity contribution in [3.8, 4) is 0 Å². The van der Waals surface area contributed by atoms with Crippen molar-refractivity contribution in [1.82, 2.24) is 5.32 Å². The maximum atomic E-state index is 13.6. The molecule has 0 spiro atoms. The van der Waals surface area contributed by atoms with E-state index in [1.54, 1.807) is 13.0 Å². The summed E-state index contributed by atoms with van der Waals surface area (Å²) in [7, 11) is 0. The maximum absolute atomic E-state index is 13.6. The second kappa shape index (κ2) is 6.29. The quantitative estimate of drug-likeness (QED) is 0.818. The fourth-order valence-electron chi connectivity index (χ4n) is 2.24. The van der Waals surface area contributed by atoms with Crippen LogP contribution in [0.2, 0.25) is 0 Å². The van der Waals surface area contributed by atoms with Gasteiger partial charge in [0.2, 0.25) is 0 Å². The first-order valence-corrected chi connectivity index (χ1v) is 7.11. The van der Waals surface area contributed by atoms with Gasteiger partial charge in [0.1, 0.15) is 11.6 Å². The van der Waals surface area contributed by atoms with E-state index in [1.807, 2.05) is 13.0 Å². The molecular weight excluding hydrogens is 241 g/mol. The van der Waals surface area contributed by atoms with Crippen LogP contribution < -0.4 is 5.32 Å². The Morgan fingerprint density at radius 3 is 2.79 bits per heavy atom. The van der Waals surface area contributed by atoms with Gasteiger partial charge in [0.05, 0.1) is 5.92 Å². The van der Waals surface area contributed by atoms with E-state index in [0.717, 1.165) is 18.0 Å². The van der Waals surface area contributed by atoms with E-state index in [9.17, 15) is 9.18 Å². The van der Waals surface area contributed by atoms with E-state index in [2.05, 4.69) is 5.32 Å². The highest BCUT2D eigenvalue weighted by Crippen LogP contribution is 2.28. The molecule has 0 saturated heterocycles. The van der Waals surface area contributed by atoms with E-state index in [4.69, 9.17) is 0 Å². The van der Waals surface area contributed by atoms with Gasteiger partial charge in [-0.25, -0.2) is 4.39 Å². The van der Waals surface area contributed by atoms with Crippen LogP contribution in [0, 0.1) is 18.7 Å². The van der Waals surface area contributed by atoms with Gasteiger partial charge in [-0.15, -0.1) is 0 Å². The molecule has 1 aromatic rings. The van der Waals surface area contributed by atoms with Crippen LogP contribution >= 0.6 is 0 Å². The third kappa shape index (κ3) is 3.87. The minimum absolute atomic E-state index is 0.173. The predicted molar refractivity (Wildman–Crippen MR) is 74.8 cm³/mol. The molecule has 1 saturated carbocycles. The fourth-order valence-corrected chi connectivity index (χ4v) is 2.24. The second-order valence-electron chi connectivity index (χ2n) is 5.48. The van der Waals surface area contributed by atoms with Crippen LogP contribution in [0.15, 0.2) is 18.2 Å². The summed E-state index contributed by atoms with van der Waals surface area (Å²) in [5.41, 5.74) is 1.41. The Morgan fingerprint density at radius 2 is 2.21 bits per heavy atom. The number of aryl methyl sites for hydroxylation is 1. The van der Waals surface area contributed by atoms with E-state index in [1.165, 1.54) is 18.9 Å². The van der Waals surface area contributed by atoms with Crippen molar-refractivity contribution < 1.29 is 9.18 Å². The number of carbonyl (C=O) groups is 1. The molecule has 0 bridgehead atoms. The first kappa shape index (κ1) is 14.2. The Hall–Kier alpha value is -1.22. The molecule has 1 aliphatic rings. The zero-order valence-electron chi connectivity index (χ0n) is 11.7. The largest absolute Gasteiger partial charge is 0.315 e. The van der Waals surface area contributed by atoms with Gasteiger partial charge in [0, 0.05) is 13.0 Å². The standard InChI is InChI=1S/C16H22FNO/c1-3-16(19)14(10-18-9-12-5-6-12)13-7-4-11(2)15(17)8-13/h4,7-8,12,14,18H,3,5-6,9-10H2,1-2H3/t14-/m1/s1. The first-order chi connectivity index (χ1) is 9.11. The molecule has 1 N–H and O–H groups in total. The van der Waals surface area contributed by atoms with E-state index >= 15 is 0 Å². The highest BCUT2D eigenvalue weighted by atomic mass is 19.1. The molecule has 1 aromatic carbocycles. The summed E-state index contributed by atoms with van der Waals surface area (Å²) in [6.45, 7) is 5.19. The molecule has 0 aliphatic heterocycles. The Morgan fingerprint density at radius 1 is 1.47 bits per heavy atom. The van der Waals surface area contributed by atoms with Crippen LogP contribution in [0.25, 0.3) is 0 Å². The van der Waals surface area contributed by atoms with Gasteiger partial charge in [-0.05, 0) is 49.4 Å². The third-order valence-electron chi connectivity index (χ3n) is 3.81. The molecule has 2 rings (SSSR count). The van der Waals surface area contributed by atoms with Crippen LogP contribution in [-0.2, 0) is 4.79 Å². The highest BCUT2D eigenvalue weighted by molar-refractivity contribution is 5.85. The van der Waals surface area contributed by atoms with Gasteiger partial charge in [0.15, 0.2) is 0 Å². The van der Waals surface area contributed by atoms with Gasteiger partial charge >= 0.3 is 0 Å². The number of hydrogen-bond donors (Lipinski definition) is 1. The molecule has 1 fully saturated rings. The zero-order chi connectivity index (χ0) is 13.8. The van der Waals surface area contributed by atoms with Crippen LogP contribution in [0.4, 0.5) is 4.39 Å². The lowest BCUT2D eigenvalue weighted by molar-refractivity contribution is -0.120. The summed E-state index contributed by atoms with van der Waals surface area (Å²) >= 11 is 0. The zero-order valence-corrected chi connectivity index (χ0v) is 11.7. The Kier molecular flexibility index (Phi) is 4.70. The molecule has 19 heavy (non-hydrogen) atoms. The topological polar surface area (TPSA) is 29.1 Å². The normalized spacial score (nSPS) is 16.4. The van der Waals surface area contributed by atoms with Gasteiger partial charge in [-0.2, -0.15) is 0 Å². The number of nitrogens with one attached hydrogen (secondary N) is 1.